The molecule has 8 nitrogen and oxygen atoms in total. The van der Waals surface area contributed by atoms with Crippen molar-refractivity contribution in [2.24, 2.45) is 0 Å². The number of carbonyl (C=O) groups excluding carboxylic acids is 2. The van der Waals surface area contributed by atoms with E-state index < -0.39 is 17.8 Å². The standard InChI is InChI=1S/C19H16FN5O3/c1-28-12-8-6-11(7-9-12)17-22-19-23-18(27)15(25(19)24-17)10-16(26)21-14-5-3-2-4-13(14)20/h2-9,15H,10H2,1H3,(H,21,26)(H,22,23,24,27)/t15-/m1/s1. The van der Waals surface area contributed by atoms with Crippen molar-refractivity contribution in [3.8, 4) is 17.1 Å². The van der Waals surface area contributed by atoms with E-state index in [-0.39, 0.29) is 24.0 Å². The summed E-state index contributed by atoms with van der Waals surface area (Å²) in [4.78, 5) is 28.8. The predicted octanol–water partition coefficient (Wildman–Crippen LogP) is 2.61. The van der Waals surface area contributed by atoms with Crippen molar-refractivity contribution in [1.29, 1.82) is 0 Å². The van der Waals surface area contributed by atoms with E-state index in [0.29, 0.717) is 11.6 Å². The van der Waals surface area contributed by atoms with Gasteiger partial charge in [0, 0.05) is 5.56 Å². The summed E-state index contributed by atoms with van der Waals surface area (Å²) in [5, 5.41) is 9.44. The maximum absolute atomic E-state index is 13.7. The van der Waals surface area contributed by atoms with Gasteiger partial charge in [-0.05, 0) is 36.4 Å². The lowest BCUT2D eigenvalue weighted by molar-refractivity contribution is -0.123. The van der Waals surface area contributed by atoms with E-state index >= 15 is 0 Å². The average Bonchev–Trinajstić information content (AvgIpc) is 3.22. The van der Waals surface area contributed by atoms with Gasteiger partial charge in [0.25, 0.3) is 5.91 Å². The molecule has 2 amide bonds. The number of methoxy groups -OCH3 is 1. The normalized spacial score (nSPS) is 15.1. The highest BCUT2D eigenvalue weighted by Gasteiger charge is 2.35. The highest BCUT2D eigenvalue weighted by molar-refractivity contribution is 6.01. The molecule has 1 atom stereocenters. The molecular formula is C19H16FN5O3. The minimum Gasteiger partial charge on any atom is -0.497 e. The van der Waals surface area contributed by atoms with Crippen LogP contribution in [-0.4, -0.2) is 33.7 Å². The van der Waals surface area contributed by atoms with E-state index in [1.54, 1.807) is 37.4 Å². The zero-order valence-corrected chi connectivity index (χ0v) is 14.8. The van der Waals surface area contributed by atoms with Gasteiger partial charge in [0.2, 0.25) is 11.9 Å². The monoisotopic (exact) mass is 381 g/mol. The molecule has 1 aromatic heterocycles. The van der Waals surface area contributed by atoms with Crippen molar-refractivity contribution in [1.82, 2.24) is 14.8 Å². The van der Waals surface area contributed by atoms with Gasteiger partial charge in [0.15, 0.2) is 5.82 Å². The number of hydrogen-bond acceptors (Lipinski definition) is 5. The first-order valence-corrected chi connectivity index (χ1v) is 8.51. The van der Waals surface area contributed by atoms with Crippen LogP contribution in [0.15, 0.2) is 48.5 Å². The summed E-state index contributed by atoms with van der Waals surface area (Å²) in [5.41, 5.74) is 0.801. The number of para-hydroxylation sites is 1. The van der Waals surface area contributed by atoms with Crippen molar-refractivity contribution in [2.45, 2.75) is 12.5 Å². The molecule has 2 N–H and O–H groups in total. The summed E-state index contributed by atoms with van der Waals surface area (Å²) in [6.45, 7) is 0. The summed E-state index contributed by atoms with van der Waals surface area (Å²) < 4.78 is 20.2. The summed E-state index contributed by atoms with van der Waals surface area (Å²) in [6, 6.07) is 12.1. The fourth-order valence-electron chi connectivity index (χ4n) is 2.91. The van der Waals surface area contributed by atoms with Gasteiger partial charge in [-0.2, -0.15) is 4.98 Å². The Balaban J connectivity index is 1.52. The predicted molar refractivity (Wildman–Crippen MR) is 99.3 cm³/mol. The molecule has 9 heteroatoms. The molecule has 0 fully saturated rings. The number of nitrogens with zero attached hydrogens (tertiary/aromatic N) is 3. The van der Waals surface area contributed by atoms with Crippen molar-refractivity contribution in [2.75, 3.05) is 17.7 Å². The quantitative estimate of drug-likeness (QED) is 0.708. The third kappa shape index (κ3) is 3.29. The number of rotatable bonds is 5. The largest absolute Gasteiger partial charge is 0.497 e. The van der Waals surface area contributed by atoms with E-state index in [2.05, 4.69) is 20.7 Å². The number of benzene rings is 2. The average molecular weight is 381 g/mol. The lowest BCUT2D eigenvalue weighted by atomic mass is 10.2. The van der Waals surface area contributed by atoms with Crippen LogP contribution < -0.4 is 15.4 Å². The fourth-order valence-corrected chi connectivity index (χ4v) is 2.91. The van der Waals surface area contributed by atoms with Gasteiger partial charge in [-0.25, -0.2) is 9.07 Å². The SMILES string of the molecule is COc1ccc(-c2nc3n(n2)[C@H](CC(=O)Nc2ccccc2F)C(=O)N3)cc1. The minimum atomic E-state index is -0.860. The van der Waals surface area contributed by atoms with E-state index in [1.165, 1.54) is 22.9 Å². The molecule has 0 saturated heterocycles. The number of amides is 2. The highest BCUT2D eigenvalue weighted by Crippen LogP contribution is 2.29. The topological polar surface area (TPSA) is 98.1 Å². The van der Waals surface area contributed by atoms with Gasteiger partial charge < -0.3 is 10.1 Å². The molecular weight excluding hydrogens is 365 g/mol. The summed E-state index contributed by atoms with van der Waals surface area (Å²) in [5.74, 6) is -0.0577. The number of halogens is 1. The first kappa shape index (κ1) is 17.7. The van der Waals surface area contributed by atoms with Crippen LogP contribution in [0.1, 0.15) is 12.5 Å². The minimum absolute atomic E-state index is 0.0589. The van der Waals surface area contributed by atoms with E-state index in [9.17, 15) is 14.0 Å². The second kappa shape index (κ2) is 7.10. The van der Waals surface area contributed by atoms with Crippen LogP contribution in [0, 0.1) is 5.82 Å². The van der Waals surface area contributed by atoms with Gasteiger partial charge in [0.1, 0.15) is 17.6 Å². The molecule has 0 aliphatic carbocycles. The zero-order valence-electron chi connectivity index (χ0n) is 14.8. The Morgan fingerprint density at radius 2 is 2.00 bits per heavy atom. The first-order valence-electron chi connectivity index (χ1n) is 8.51. The maximum Gasteiger partial charge on any atom is 0.252 e. The number of anilines is 2. The van der Waals surface area contributed by atoms with Crippen LogP contribution in [0.5, 0.6) is 5.75 Å². The van der Waals surface area contributed by atoms with Gasteiger partial charge in [-0.15, -0.1) is 5.10 Å². The van der Waals surface area contributed by atoms with Crippen LogP contribution in [0.2, 0.25) is 0 Å². The molecule has 0 saturated carbocycles. The van der Waals surface area contributed by atoms with Crippen molar-refractivity contribution < 1.29 is 18.7 Å². The molecule has 2 aromatic carbocycles. The number of carbonyl (C=O) groups is 2. The Morgan fingerprint density at radius 3 is 2.71 bits per heavy atom. The van der Waals surface area contributed by atoms with Gasteiger partial charge in [0.05, 0.1) is 19.2 Å². The Morgan fingerprint density at radius 1 is 1.25 bits per heavy atom. The summed E-state index contributed by atoms with van der Waals surface area (Å²) in [7, 11) is 1.57. The highest BCUT2D eigenvalue weighted by atomic mass is 19.1. The van der Waals surface area contributed by atoms with Crippen molar-refractivity contribution in [3.63, 3.8) is 0 Å². The molecule has 0 bridgehead atoms. The number of ether oxygens (including phenoxy) is 1. The molecule has 142 valence electrons. The molecule has 2 heterocycles. The number of fused-ring (bicyclic) bond motifs is 1. The molecule has 3 aromatic rings. The lowest BCUT2D eigenvalue weighted by Crippen LogP contribution is -2.24. The van der Waals surface area contributed by atoms with Gasteiger partial charge >= 0.3 is 0 Å². The Labute approximate surface area is 159 Å². The van der Waals surface area contributed by atoms with Crippen LogP contribution in [-0.2, 0) is 9.59 Å². The second-order valence-electron chi connectivity index (χ2n) is 6.17. The molecule has 28 heavy (non-hydrogen) atoms. The van der Waals surface area contributed by atoms with Gasteiger partial charge in [-0.1, -0.05) is 12.1 Å². The van der Waals surface area contributed by atoms with E-state index in [1.807, 2.05) is 0 Å². The summed E-state index contributed by atoms with van der Waals surface area (Å²) in [6.07, 6.45) is -0.196. The molecule has 1 aliphatic rings. The third-order valence-corrected chi connectivity index (χ3v) is 4.34. The number of nitrogens with one attached hydrogen (secondary N) is 2. The number of aromatic nitrogens is 3. The third-order valence-electron chi connectivity index (χ3n) is 4.34. The lowest BCUT2D eigenvalue weighted by Gasteiger charge is -2.10. The van der Waals surface area contributed by atoms with Gasteiger partial charge in [-0.3, -0.25) is 14.9 Å². The molecule has 0 unspecified atom stereocenters. The zero-order chi connectivity index (χ0) is 19.7. The number of hydrogen-bond donors (Lipinski definition) is 2. The van der Waals surface area contributed by atoms with Crippen LogP contribution in [0.3, 0.4) is 0 Å². The smallest absolute Gasteiger partial charge is 0.252 e. The molecule has 4 rings (SSSR count). The second-order valence-corrected chi connectivity index (χ2v) is 6.17. The fraction of sp³-hybridized carbons (Fsp3) is 0.158. The Hall–Kier alpha value is -3.75. The van der Waals surface area contributed by atoms with Crippen molar-refractivity contribution in [3.05, 3.63) is 54.3 Å². The maximum atomic E-state index is 13.7. The van der Waals surface area contributed by atoms with E-state index in [0.717, 1.165) is 5.56 Å². The molecule has 0 spiro atoms. The summed E-state index contributed by atoms with van der Waals surface area (Å²) >= 11 is 0. The Bertz CT molecular complexity index is 1050. The Kier molecular flexibility index (Phi) is 4.48. The molecule has 1 aliphatic heterocycles. The van der Waals surface area contributed by atoms with Crippen LogP contribution in [0.4, 0.5) is 16.0 Å². The molecule has 0 radical (unpaired) electrons. The van der Waals surface area contributed by atoms with Crippen LogP contribution in [0.25, 0.3) is 11.4 Å². The van der Waals surface area contributed by atoms with E-state index in [4.69, 9.17) is 4.74 Å². The van der Waals surface area contributed by atoms with Crippen molar-refractivity contribution >= 4 is 23.5 Å². The van der Waals surface area contributed by atoms with Crippen LogP contribution >= 0.6 is 0 Å². The first-order chi connectivity index (χ1) is 13.5.